The van der Waals surface area contributed by atoms with E-state index in [0.29, 0.717) is 6.42 Å². The lowest BCUT2D eigenvalue weighted by molar-refractivity contribution is -0.158. The molecule has 8 heavy (non-hydrogen) atoms. The normalized spacial score (nSPS) is 8.75. The number of nitrogens with one attached hydrogen (secondary N) is 1. The van der Waals surface area contributed by atoms with E-state index in [2.05, 4.69) is 4.89 Å². The van der Waals surface area contributed by atoms with Gasteiger partial charge in [0.15, 0.2) is 0 Å². The first-order chi connectivity index (χ1) is 3.81. The molecule has 0 aromatic rings. The maximum Gasteiger partial charge on any atom is 0.224 e. The van der Waals surface area contributed by atoms with E-state index in [0.717, 1.165) is 12.8 Å². The Bertz CT molecular complexity index is 72.8. The van der Waals surface area contributed by atoms with Gasteiger partial charge in [-0.1, -0.05) is 13.3 Å². The molecular weight excluding hydrogens is 106 g/mol. The molecule has 0 amide bonds. The van der Waals surface area contributed by atoms with Crippen LogP contribution in [0.5, 0.6) is 0 Å². The molecule has 48 valence electrons. The van der Waals surface area contributed by atoms with Crippen LogP contribution >= 0.6 is 0 Å². The summed E-state index contributed by atoms with van der Waals surface area (Å²) in [7, 11) is 0. The standard InChI is InChI=1S/C5H11NO2/c1-2-3-4-5(6)8-7/h6-7H,2-4H2,1H3. The number of unbranched alkanes of at least 4 members (excludes halogenated alkanes) is 1. The molecule has 0 aliphatic rings. The SMILES string of the molecule is CCCCC(=N)OO. The van der Waals surface area contributed by atoms with Gasteiger partial charge < -0.3 is 4.89 Å². The van der Waals surface area contributed by atoms with Crippen LogP contribution in [0.15, 0.2) is 0 Å². The van der Waals surface area contributed by atoms with Crippen molar-refractivity contribution in [2.24, 2.45) is 0 Å². The minimum Gasteiger partial charge on any atom is -0.325 e. The van der Waals surface area contributed by atoms with E-state index < -0.39 is 0 Å². The van der Waals surface area contributed by atoms with E-state index in [1.54, 1.807) is 0 Å². The van der Waals surface area contributed by atoms with Gasteiger partial charge >= 0.3 is 0 Å². The van der Waals surface area contributed by atoms with E-state index in [1.807, 2.05) is 6.92 Å². The molecular formula is C5H11NO2. The Morgan fingerprint density at radius 3 is 2.75 bits per heavy atom. The van der Waals surface area contributed by atoms with Crippen molar-refractivity contribution in [3.63, 3.8) is 0 Å². The van der Waals surface area contributed by atoms with Crippen LogP contribution < -0.4 is 0 Å². The second kappa shape index (κ2) is 4.59. The van der Waals surface area contributed by atoms with Crippen molar-refractivity contribution in [3.05, 3.63) is 0 Å². The summed E-state index contributed by atoms with van der Waals surface area (Å²) in [5.41, 5.74) is 0. The number of rotatable bonds is 3. The van der Waals surface area contributed by atoms with Gasteiger partial charge in [0.25, 0.3) is 0 Å². The lowest BCUT2D eigenvalue weighted by Crippen LogP contribution is -1.97. The Morgan fingerprint density at radius 2 is 2.38 bits per heavy atom. The Morgan fingerprint density at radius 1 is 1.75 bits per heavy atom. The summed E-state index contributed by atoms with van der Waals surface area (Å²) >= 11 is 0. The monoisotopic (exact) mass is 117 g/mol. The number of hydrogen-bond acceptors (Lipinski definition) is 3. The summed E-state index contributed by atoms with van der Waals surface area (Å²) in [6, 6.07) is 0. The third-order valence-electron chi connectivity index (χ3n) is 0.868. The van der Waals surface area contributed by atoms with Crippen LogP contribution in [0.1, 0.15) is 26.2 Å². The van der Waals surface area contributed by atoms with Crippen LogP contribution in [-0.4, -0.2) is 11.2 Å². The van der Waals surface area contributed by atoms with Gasteiger partial charge in [0.05, 0.1) is 0 Å². The van der Waals surface area contributed by atoms with Gasteiger partial charge in [-0.05, 0) is 6.42 Å². The third kappa shape index (κ3) is 3.61. The van der Waals surface area contributed by atoms with Gasteiger partial charge in [0.1, 0.15) is 0 Å². The predicted octanol–water partition coefficient (Wildman–Crippen LogP) is 1.64. The third-order valence-corrected chi connectivity index (χ3v) is 0.868. The molecule has 0 bridgehead atoms. The van der Waals surface area contributed by atoms with Gasteiger partial charge in [-0.15, -0.1) is 0 Å². The zero-order chi connectivity index (χ0) is 6.41. The maximum atomic E-state index is 7.84. The predicted molar refractivity (Wildman–Crippen MR) is 31.0 cm³/mol. The second-order valence-corrected chi connectivity index (χ2v) is 1.62. The quantitative estimate of drug-likeness (QED) is 0.255. The molecule has 0 radical (unpaired) electrons. The first-order valence-corrected chi connectivity index (χ1v) is 2.70. The largest absolute Gasteiger partial charge is 0.325 e. The molecule has 0 atom stereocenters. The van der Waals surface area contributed by atoms with Crippen LogP contribution in [0, 0.1) is 5.41 Å². The molecule has 0 fully saturated rings. The lowest BCUT2D eigenvalue weighted by atomic mass is 10.2. The van der Waals surface area contributed by atoms with Crippen molar-refractivity contribution >= 4 is 5.90 Å². The van der Waals surface area contributed by atoms with Gasteiger partial charge in [-0.3, -0.25) is 5.41 Å². The first kappa shape index (κ1) is 7.43. The molecule has 0 heterocycles. The van der Waals surface area contributed by atoms with Crippen LogP contribution in [0.3, 0.4) is 0 Å². The van der Waals surface area contributed by atoms with Crippen molar-refractivity contribution < 1.29 is 10.1 Å². The smallest absolute Gasteiger partial charge is 0.224 e. The minimum atomic E-state index is -0.0492. The molecule has 0 aliphatic heterocycles. The zero-order valence-corrected chi connectivity index (χ0v) is 4.98. The Balaban J connectivity index is 2.99. The van der Waals surface area contributed by atoms with Crippen molar-refractivity contribution in [2.75, 3.05) is 0 Å². The molecule has 0 unspecified atom stereocenters. The van der Waals surface area contributed by atoms with Gasteiger partial charge in [0, 0.05) is 6.42 Å². The van der Waals surface area contributed by atoms with Crippen LogP contribution in [0.2, 0.25) is 0 Å². The topological polar surface area (TPSA) is 53.3 Å². The van der Waals surface area contributed by atoms with Crippen molar-refractivity contribution in [3.8, 4) is 0 Å². The first-order valence-electron chi connectivity index (χ1n) is 2.70. The van der Waals surface area contributed by atoms with Gasteiger partial charge in [0.2, 0.25) is 5.90 Å². The summed E-state index contributed by atoms with van der Waals surface area (Å²) in [4.78, 5) is 3.64. The van der Waals surface area contributed by atoms with E-state index in [9.17, 15) is 0 Å². The fraction of sp³-hybridized carbons (Fsp3) is 0.800. The molecule has 0 saturated carbocycles. The summed E-state index contributed by atoms with van der Waals surface area (Å²) in [6.07, 6.45) is 2.46. The molecule has 0 aromatic carbocycles. The Labute approximate surface area is 48.7 Å². The highest BCUT2D eigenvalue weighted by molar-refractivity contribution is 5.71. The molecule has 2 N–H and O–H groups in total. The molecule has 0 aliphatic carbocycles. The molecule has 0 saturated heterocycles. The lowest BCUT2D eigenvalue weighted by Gasteiger charge is -1.94. The van der Waals surface area contributed by atoms with Gasteiger partial charge in [-0.2, -0.15) is 0 Å². The Kier molecular flexibility index (Phi) is 4.26. The van der Waals surface area contributed by atoms with E-state index in [-0.39, 0.29) is 5.90 Å². The summed E-state index contributed by atoms with van der Waals surface area (Å²) in [6.45, 7) is 2.02. The summed E-state index contributed by atoms with van der Waals surface area (Å²) in [5, 5.41) is 14.6. The zero-order valence-electron chi connectivity index (χ0n) is 4.98. The van der Waals surface area contributed by atoms with E-state index >= 15 is 0 Å². The maximum absolute atomic E-state index is 7.84. The minimum absolute atomic E-state index is 0.0492. The molecule has 0 spiro atoms. The van der Waals surface area contributed by atoms with Crippen LogP contribution in [-0.2, 0) is 4.89 Å². The fourth-order valence-electron chi connectivity index (χ4n) is 0.383. The van der Waals surface area contributed by atoms with Crippen molar-refractivity contribution in [2.45, 2.75) is 26.2 Å². The van der Waals surface area contributed by atoms with Crippen molar-refractivity contribution in [1.29, 1.82) is 5.41 Å². The van der Waals surface area contributed by atoms with Crippen molar-refractivity contribution in [1.82, 2.24) is 0 Å². The molecule has 3 heteroatoms. The second-order valence-electron chi connectivity index (χ2n) is 1.62. The highest BCUT2D eigenvalue weighted by Gasteiger charge is 1.92. The molecule has 0 aromatic heterocycles. The highest BCUT2D eigenvalue weighted by Crippen LogP contribution is 1.94. The van der Waals surface area contributed by atoms with Crippen LogP contribution in [0.4, 0.5) is 0 Å². The summed E-state index contributed by atoms with van der Waals surface area (Å²) in [5.74, 6) is -0.0492. The average Bonchev–Trinajstić information content (AvgIpc) is 1.83. The Hall–Kier alpha value is -0.570. The fourth-order valence-corrected chi connectivity index (χ4v) is 0.383. The van der Waals surface area contributed by atoms with Gasteiger partial charge in [-0.25, -0.2) is 5.26 Å². The number of hydrogen-bond donors (Lipinski definition) is 2. The highest BCUT2D eigenvalue weighted by atomic mass is 17.1. The van der Waals surface area contributed by atoms with E-state index in [4.69, 9.17) is 10.7 Å². The van der Waals surface area contributed by atoms with E-state index in [1.165, 1.54) is 0 Å². The summed E-state index contributed by atoms with van der Waals surface area (Å²) < 4.78 is 0. The molecule has 0 rings (SSSR count). The van der Waals surface area contributed by atoms with Crippen LogP contribution in [0.25, 0.3) is 0 Å². The average molecular weight is 117 g/mol. The molecule has 3 nitrogen and oxygen atoms in total.